The number of nitrogens with two attached hydrogens (primary N) is 1. The van der Waals surface area contributed by atoms with Gasteiger partial charge < -0.3 is 5.73 Å². The van der Waals surface area contributed by atoms with E-state index in [2.05, 4.69) is 18.4 Å². The summed E-state index contributed by atoms with van der Waals surface area (Å²) < 4.78 is 0. The zero-order chi connectivity index (χ0) is 8.55. The maximum Gasteiger partial charge on any atom is 0.0328 e. The van der Waals surface area contributed by atoms with E-state index in [9.17, 15) is 0 Å². The van der Waals surface area contributed by atoms with Gasteiger partial charge in [-0.3, -0.25) is 0 Å². The minimum atomic E-state index is 0.805. The quantitative estimate of drug-likeness (QED) is 0.558. The van der Waals surface area contributed by atoms with E-state index < -0.39 is 0 Å². The number of anilines is 1. The summed E-state index contributed by atoms with van der Waals surface area (Å²) >= 11 is 1.76. The van der Waals surface area contributed by atoms with Crippen molar-refractivity contribution in [3.8, 4) is 0 Å². The molecule has 2 N–H and O–H groups in total. The molecule has 0 aliphatic heterocycles. The minimum absolute atomic E-state index is 0.805. The van der Waals surface area contributed by atoms with E-state index in [0.29, 0.717) is 0 Å². The van der Waals surface area contributed by atoms with Crippen LogP contribution in [-0.4, -0.2) is 6.26 Å². The van der Waals surface area contributed by atoms with Crippen LogP contribution in [0.5, 0.6) is 0 Å². The third kappa shape index (κ3) is 1.58. The molecule has 2 rings (SSSR count). The van der Waals surface area contributed by atoms with Gasteiger partial charge in [0.2, 0.25) is 0 Å². The van der Waals surface area contributed by atoms with Crippen LogP contribution >= 0.6 is 11.8 Å². The van der Waals surface area contributed by atoms with Gasteiger partial charge in [0.1, 0.15) is 0 Å². The van der Waals surface area contributed by atoms with Crippen LogP contribution in [0.1, 0.15) is 24.3 Å². The first kappa shape index (κ1) is 7.99. The van der Waals surface area contributed by atoms with E-state index in [1.54, 1.807) is 11.8 Å². The number of hydrogen-bond donors (Lipinski definition) is 1. The minimum Gasteiger partial charge on any atom is -0.399 e. The van der Waals surface area contributed by atoms with Crippen LogP contribution in [-0.2, 0) is 0 Å². The van der Waals surface area contributed by atoms with Crippen LogP contribution in [0, 0.1) is 0 Å². The molecule has 1 saturated carbocycles. The van der Waals surface area contributed by atoms with E-state index in [1.165, 1.54) is 23.3 Å². The standard InChI is InChI=1S/C10H13NS/c1-12-10-5-8(7-2-3-7)4-9(11)6-10/h4-7H,2-3,11H2,1H3. The Hall–Kier alpha value is -0.630. The average molecular weight is 179 g/mol. The molecule has 0 aromatic heterocycles. The lowest BCUT2D eigenvalue weighted by atomic mass is 10.1. The fraction of sp³-hybridized carbons (Fsp3) is 0.400. The molecule has 0 bridgehead atoms. The topological polar surface area (TPSA) is 26.0 Å². The van der Waals surface area contributed by atoms with Crippen molar-refractivity contribution < 1.29 is 0 Å². The predicted octanol–water partition coefficient (Wildman–Crippen LogP) is 2.87. The Bertz CT molecular complexity index is 292. The fourth-order valence-electron chi connectivity index (χ4n) is 1.42. The van der Waals surface area contributed by atoms with Crippen molar-refractivity contribution in [1.29, 1.82) is 0 Å². The first-order chi connectivity index (χ1) is 5.79. The number of hydrogen-bond acceptors (Lipinski definition) is 2. The van der Waals surface area contributed by atoms with Gasteiger partial charge in [-0.2, -0.15) is 0 Å². The smallest absolute Gasteiger partial charge is 0.0328 e. The van der Waals surface area contributed by atoms with Crippen LogP contribution < -0.4 is 5.73 Å². The fourth-order valence-corrected chi connectivity index (χ4v) is 1.92. The summed E-state index contributed by atoms with van der Waals surface area (Å²) in [7, 11) is 0. The van der Waals surface area contributed by atoms with E-state index in [1.807, 2.05) is 6.07 Å². The summed E-state index contributed by atoms with van der Waals surface area (Å²) in [6.45, 7) is 0. The van der Waals surface area contributed by atoms with E-state index in [4.69, 9.17) is 5.73 Å². The maximum atomic E-state index is 5.79. The molecular formula is C10H13NS. The van der Waals surface area contributed by atoms with Crippen molar-refractivity contribution in [2.45, 2.75) is 23.7 Å². The number of thioether (sulfide) groups is 1. The number of rotatable bonds is 2. The van der Waals surface area contributed by atoms with E-state index in [0.717, 1.165) is 11.6 Å². The highest BCUT2D eigenvalue weighted by Crippen LogP contribution is 2.41. The van der Waals surface area contributed by atoms with E-state index in [-0.39, 0.29) is 0 Å². The Morgan fingerprint density at radius 3 is 2.67 bits per heavy atom. The van der Waals surface area contributed by atoms with E-state index >= 15 is 0 Å². The lowest BCUT2D eigenvalue weighted by molar-refractivity contribution is 1.11. The van der Waals surface area contributed by atoms with Crippen LogP contribution in [0.3, 0.4) is 0 Å². The van der Waals surface area contributed by atoms with Gasteiger partial charge in [-0.1, -0.05) is 0 Å². The van der Waals surface area contributed by atoms with Crippen molar-refractivity contribution in [2.75, 3.05) is 12.0 Å². The van der Waals surface area contributed by atoms with Gasteiger partial charge in [0.05, 0.1) is 0 Å². The lowest BCUT2D eigenvalue weighted by Gasteiger charge is -2.03. The van der Waals surface area contributed by atoms with Gasteiger partial charge in [0.15, 0.2) is 0 Å². The highest BCUT2D eigenvalue weighted by Gasteiger charge is 2.23. The Balaban J connectivity index is 2.34. The molecule has 0 unspecified atom stereocenters. The molecule has 12 heavy (non-hydrogen) atoms. The molecule has 1 nitrogen and oxygen atoms in total. The molecule has 1 aromatic rings. The molecule has 0 heterocycles. The Morgan fingerprint density at radius 1 is 1.33 bits per heavy atom. The monoisotopic (exact) mass is 179 g/mol. The molecule has 1 aromatic carbocycles. The summed E-state index contributed by atoms with van der Waals surface area (Å²) in [6.07, 6.45) is 4.78. The molecule has 0 amide bonds. The second kappa shape index (κ2) is 3.02. The molecule has 1 aliphatic carbocycles. The normalized spacial score (nSPS) is 16.4. The van der Waals surface area contributed by atoms with Crippen molar-refractivity contribution in [2.24, 2.45) is 0 Å². The summed E-state index contributed by atoms with van der Waals surface area (Å²) in [6, 6.07) is 6.41. The second-order valence-corrected chi connectivity index (χ2v) is 4.19. The SMILES string of the molecule is CSc1cc(N)cc(C2CC2)c1. The highest BCUT2D eigenvalue weighted by molar-refractivity contribution is 7.98. The molecular weight excluding hydrogens is 166 g/mol. The molecule has 0 saturated heterocycles. The van der Waals surface area contributed by atoms with Gasteiger partial charge in [-0.15, -0.1) is 11.8 Å². The average Bonchev–Trinajstić information content (AvgIpc) is 2.85. The zero-order valence-corrected chi connectivity index (χ0v) is 8.03. The predicted molar refractivity (Wildman–Crippen MR) is 54.6 cm³/mol. The first-order valence-electron chi connectivity index (χ1n) is 4.24. The summed E-state index contributed by atoms with van der Waals surface area (Å²) in [5.74, 6) is 0.805. The molecule has 0 atom stereocenters. The molecule has 1 aliphatic rings. The van der Waals surface area contributed by atoms with Crippen molar-refractivity contribution in [3.63, 3.8) is 0 Å². The summed E-state index contributed by atoms with van der Waals surface area (Å²) in [5.41, 5.74) is 8.12. The van der Waals surface area contributed by atoms with Crippen molar-refractivity contribution in [3.05, 3.63) is 23.8 Å². The molecule has 1 fully saturated rings. The lowest BCUT2D eigenvalue weighted by Crippen LogP contribution is -1.88. The van der Waals surface area contributed by atoms with Crippen LogP contribution in [0.2, 0.25) is 0 Å². The van der Waals surface area contributed by atoms with Crippen molar-refractivity contribution in [1.82, 2.24) is 0 Å². The van der Waals surface area contributed by atoms with Gasteiger partial charge in [0.25, 0.3) is 0 Å². The molecule has 0 radical (unpaired) electrons. The Labute approximate surface area is 77.3 Å². The third-order valence-electron chi connectivity index (χ3n) is 2.24. The van der Waals surface area contributed by atoms with Gasteiger partial charge >= 0.3 is 0 Å². The zero-order valence-electron chi connectivity index (χ0n) is 7.21. The molecule has 64 valence electrons. The summed E-state index contributed by atoms with van der Waals surface area (Å²) in [5, 5.41) is 0. The largest absolute Gasteiger partial charge is 0.399 e. The molecule has 0 spiro atoms. The Morgan fingerprint density at radius 2 is 2.08 bits per heavy atom. The number of nitrogen functional groups attached to an aromatic ring is 1. The highest BCUT2D eigenvalue weighted by atomic mass is 32.2. The van der Waals surface area contributed by atoms with Gasteiger partial charge in [0, 0.05) is 10.6 Å². The molecule has 2 heteroatoms. The second-order valence-electron chi connectivity index (χ2n) is 3.31. The summed E-state index contributed by atoms with van der Waals surface area (Å²) in [4.78, 5) is 1.29. The maximum absolute atomic E-state index is 5.79. The number of benzene rings is 1. The van der Waals surface area contributed by atoms with Crippen LogP contribution in [0.25, 0.3) is 0 Å². The van der Waals surface area contributed by atoms with Gasteiger partial charge in [-0.05, 0) is 48.8 Å². The van der Waals surface area contributed by atoms with Crippen LogP contribution in [0.15, 0.2) is 23.1 Å². The van der Waals surface area contributed by atoms with Gasteiger partial charge in [-0.25, -0.2) is 0 Å². The Kier molecular flexibility index (Phi) is 2.01. The third-order valence-corrected chi connectivity index (χ3v) is 2.94. The first-order valence-corrected chi connectivity index (χ1v) is 5.46. The van der Waals surface area contributed by atoms with Crippen molar-refractivity contribution >= 4 is 17.4 Å². The van der Waals surface area contributed by atoms with Crippen LogP contribution in [0.4, 0.5) is 5.69 Å².